The van der Waals surface area contributed by atoms with E-state index in [2.05, 4.69) is 15.6 Å². The first kappa shape index (κ1) is 15.3. The summed E-state index contributed by atoms with van der Waals surface area (Å²) in [4.78, 5) is 27.6. The van der Waals surface area contributed by atoms with Crippen molar-refractivity contribution >= 4 is 34.0 Å². The maximum Gasteiger partial charge on any atom is 0.226 e. The summed E-state index contributed by atoms with van der Waals surface area (Å²) < 4.78 is 10.9. The van der Waals surface area contributed by atoms with Gasteiger partial charge in [0.15, 0.2) is 16.6 Å². The minimum absolute atomic E-state index is 0.0889. The highest BCUT2D eigenvalue weighted by Gasteiger charge is 2.13. The summed E-state index contributed by atoms with van der Waals surface area (Å²) in [6.07, 6.45) is 1.79. The van der Waals surface area contributed by atoms with E-state index in [1.54, 1.807) is 29.8 Å². The maximum absolute atomic E-state index is 11.9. The quantitative estimate of drug-likeness (QED) is 0.876. The fourth-order valence-corrected chi connectivity index (χ4v) is 2.58. The number of amides is 2. The first-order valence-corrected chi connectivity index (χ1v) is 7.97. The molecule has 1 aromatic heterocycles. The van der Waals surface area contributed by atoms with Gasteiger partial charge in [-0.3, -0.25) is 9.59 Å². The van der Waals surface area contributed by atoms with Gasteiger partial charge in [-0.2, -0.15) is 0 Å². The van der Waals surface area contributed by atoms with E-state index in [-0.39, 0.29) is 24.7 Å². The number of hydrogen-bond donors (Lipinski definition) is 2. The van der Waals surface area contributed by atoms with Gasteiger partial charge in [-0.1, -0.05) is 0 Å². The zero-order valence-corrected chi connectivity index (χ0v) is 13.0. The zero-order chi connectivity index (χ0) is 16.1. The molecule has 0 saturated carbocycles. The number of nitrogens with zero attached hydrogens (tertiary/aromatic N) is 1. The predicted octanol–water partition coefficient (Wildman–Crippen LogP) is 2.27. The van der Waals surface area contributed by atoms with E-state index in [4.69, 9.17) is 9.47 Å². The lowest BCUT2D eigenvalue weighted by molar-refractivity contribution is -0.121. The lowest BCUT2D eigenvalue weighted by atomic mass is 10.2. The van der Waals surface area contributed by atoms with Gasteiger partial charge >= 0.3 is 0 Å². The van der Waals surface area contributed by atoms with Crippen molar-refractivity contribution < 1.29 is 19.1 Å². The Morgan fingerprint density at radius 1 is 1.09 bits per heavy atom. The third-order valence-electron chi connectivity index (χ3n) is 3.08. The molecule has 0 saturated heterocycles. The maximum atomic E-state index is 11.9. The smallest absolute Gasteiger partial charge is 0.226 e. The zero-order valence-electron chi connectivity index (χ0n) is 12.2. The number of fused-ring (bicyclic) bond motifs is 1. The standard InChI is InChI=1S/C15H15N3O4S/c19-13(3-4-14(20)18-15-16-5-8-23-15)17-10-1-2-11-12(9-10)22-7-6-21-11/h1-2,5,8-9H,3-4,6-7H2,(H,17,19)(H,16,18,20). The molecule has 0 unspecified atom stereocenters. The highest BCUT2D eigenvalue weighted by atomic mass is 32.1. The summed E-state index contributed by atoms with van der Waals surface area (Å²) in [5.74, 6) is 0.792. The van der Waals surface area contributed by atoms with E-state index in [0.29, 0.717) is 35.5 Å². The van der Waals surface area contributed by atoms with Gasteiger partial charge in [0.2, 0.25) is 11.8 Å². The molecule has 2 amide bonds. The second-order valence-corrected chi connectivity index (χ2v) is 5.69. The van der Waals surface area contributed by atoms with Crippen LogP contribution >= 0.6 is 11.3 Å². The van der Waals surface area contributed by atoms with Crippen LogP contribution < -0.4 is 20.1 Å². The molecule has 0 spiro atoms. The number of anilines is 2. The molecule has 2 heterocycles. The van der Waals surface area contributed by atoms with E-state index in [1.165, 1.54) is 11.3 Å². The van der Waals surface area contributed by atoms with Crippen molar-refractivity contribution in [1.29, 1.82) is 0 Å². The van der Waals surface area contributed by atoms with Crippen molar-refractivity contribution in [3.8, 4) is 11.5 Å². The molecule has 3 rings (SSSR count). The summed E-state index contributed by atoms with van der Waals surface area (Å²) in [7, 11) is 0. The van der Waals surface area contributed by atoms with E-state index >= 15 is 0 Å². The summed E-state index contributed by atoms with van der Waals surface area (Å²) in [6, 6.07) is 5.20. The van der Waals surface area contributed by atoms with Crippen LogP contribution in [0.1, 0.15) is 12.8 Å². The Morgan fingerprint density at radius 2 is 1.83 bits per heavy atom. The molecule has 0 aliphatic carbocycles. The highest BCUT2D eigenvalue weighted by Crippen LogP contribution is 2.32. The average Bonchev–Trinajstić information content (AvgIpc) is 3.06. The van der Waals surface area contributed by atoms with Crippen molar-refractivity contribution in [3.63, 3.8) is 0 Å². The van der Waals surface area contributed by atoms with Crippen LogP contribution in [0.25, 0.3) is 0 Å². The molecule has 7 nitrogen and oxygen atoms in total. The van der Waals surface area contributed by atoms with Crippen LogP contribution in [0.4, 0.5) is 10.8 Å². The Balaban J connectivity index is 1.48. The molecular weight excluding hydrogens is 318 g/mol. The molecule has 2 aromatic rings. The molecule has 0 bridgehead atoms. The van der Waals surface area contributed by atoms with Gasteiger partial charge in [0.1, 0.15) is 13.2 Å². The number of thiazole rings is 1. The lowest BCUT2D eigenvalue weighted by Gasteiger charge is -2.19. The summed E-state index contributed by atoms with van der Waals surface area (Å²) in [6.45, 7) is 1.01. The summed E-state index contributed by atoms with van der Waals surface area (Å²) >= 11 is 1.33. The number of nitrogens with one attached hydrogen (secondary N) is 2. The van der Waals surface area contributed by atoms with Crippen molar-refractivity contribution in [2.24, 2.45) is 0 Å². The van der Waals surface area contributed by atoms with Crippen LogP contribution in [0.3, 0.4) is 0 Å². The monoisotopic (exact) mass is 333 g/mol. The number of rotatable bonds is 5. The van der Waals surface area contributed by atoms with Crippen LogP contribution in [0.2, 0.25) is 0 Å². The molecule has 1 aliphatic rings. The molecule has 0 atom stereocenters. The van der Waals surface area contributed by atoms with Crippen LogP contribution in [0.5, 0.6) is 11.5 Å². The van der Waals surface area contributed by atoms with Crippen molar-refractivity contribution in [3.05, 3.63) is 29.8 Å². The fraction of sp³-hybridized carbons (Fsp3) is 0.267. The van der Waals surface area contributed by atoms with Crippen LogP contribution in [-0.4, -0.2) is 30.0 Å². The topological polar surface area (TPSA) is 89.6 Å². The van der Waals surface area contributed by atoms with Gasteiger partial charge in [-0.05, 0) is 12.1 Å². The minimum Gasteiger partial charge on any atom is -0.486 e. The first-order valence-electron chi connectivity index (χ1n) is 7.09. The van der Waals surface area contributed by atoms with E-state index in [9.17, 15) is 9.59 Å². The van der Waals surface area contributed by atoms with Gasteiger partial charge in [-0.15, -0.1) is 11.3 Å². The Labute approximate surface area is 136 Å². The Kier molecular flexibility index (Phi) is 4.72. The first-order chi connectivity index (χ1) is 11.2. The lowest BCUT2D eigenvalue weighted by Crippen LogP contribution is -2.18. The molecular formula is C15H15N3O4S. The number of carbonyl (C=O) groups excluding carboxylic acids is 2. The number of benzene rings is 1. The van der Waals surface area contributed by atoms with Gasteiger partial charge in [0.25, 0.3) is 0 Å². The molecule has 120 valence electrons. The van der Waals surface area contributed by atoms with Crippen LogP contribution in [-0.2, 0) is 9.59 Å². The molecule has 0 fully saturated rings. The summed E-state index contributed by atoms with van der Waals surface area (Å²) in [5, 5.41) is 7.67. The minimum atomic E-state index is -0.240. The third-order valence-corrected chi connectivity index (χ3v) is 3.77. The Bertz CT molecular complexity index is 703. The van der Waals surface area contributed by atoms with Gasteiger partial charge < -0.3 is 20.1 Å². The third kappa shape index (κ3) is 4.19. The Hall–Kier alpha value is -2.61. The number of hydrogen-bond acceptors (Lipinski definition) is 6. The molecule has 1 aromatic carbocycles. The predicted molar refractivity (Wildman–Crippen MR) is 86.0 cm³/mol. The van der Waals surface area contributed by atoms with Crippen molar-refractivity contribution in [2.45, 2.75) is 12.8 Å². The molecule has 1 aliphatic heterocycles. The van der Waals surface area contributed by atoms with Gasteiger partial charge in [-0.25, -0.2) is 4.98 Å². The van der Waals surface area contributed by atoms with Gasteiger partial charge in [0.05, 0.1) is 0 Å². The van der Waals surface area contributed by atoms with Crippen molar-refractivity contribution in [1.82, 2.24) is 4.98 Å². The molecule has 2 N–H and O–H groups in total. The SMILES string of the molecule is O=C(CCC(=O)Nc1nccs1)Nc1ccc2c(c1)OCCO2. The van der Waals surface area contributed by atoms with E-state index in [1.807, 2.05) is 0 Å². The van der Waals surface area contributed by atoms with E-state index in [0.717, 1.165) is 0 Å². The second-order valence-electron chi connectivity index (χ2n) is 4.79. The summed E-state index contributed by atoms with van der Waals surface area (Å²) in [5.41, 5.74) is 0.611. The normalized spacial score (nSPS) is 12.5. The Morgan fingerprint density at radius 3 is 2.57 bits per heavy atom. The molecule has 0 radical (unpaired) electrons. The van der Waals surface area contributed by atoms with Crippen molar-refractivity contribution in [2.75, 3.05) is 23.8 Å². The van der Waals surface area contributed by atoms with E-state index < -0.39 is 0 Å². The second kappa shape index (κ2) is 7.10. The van der Waals surface area contributed by atoms with Crippen LogP contribution in [0, 0.1) is 0 Å². The molecule has 23 heavy (non-hydrogen) atoms. The molecule has 8 heteroatoms. The number of aromatic nitrogens is 1. The van der Waals surface area contributed by atoms with Gasteiger partial charge in [0, 0.05) is 36.2 Å². The fourth-order valence-electron chi connectivity index (χ4n) is 2.04. The highest BCUT2D eigenvalue weighted by molar-refractivity contribution is 7.13. The average molecular weight is 333 g/mol. The largest absolute Gasteiger partial charge is 0.486 e. The number of carbonyl (C=O) groups is 2. The van der Waals surface area contributed by atoms with Crippen LogP contribution in [0.15, 0.2) is 29.8 Å². The number of ether oxygens (including phenoxy) is 2.